The third-order valence-electron chi connectivity index (χ3n) is 5.07. The van der Waals surface area contributed by atoms with Crippen LogP contribution in [-0.4, -0.2) is 40.6 Å². The first-order chi connectivity index (χ1) is 9.65. The number of aromatic amines is 1. The van der Waals surface area contributed by atoms with E-state index in [9.17, 15) is 9.90 Å². The number of nitrogens with one attached hydrogen (secondary N) is 1. The molecule has 1 saturated heterocycles. The van der Waals surface area contributed by atoms with Crippen molar-refractivity contribution in [3.05, 3.63) is 35.5 Å². The minimum Gasteiger partial charge on any atom is -0.481 e. The van der Waals surface area contributed by atoms with Gasteiger partial charge in [-0.25, -0.2) is 0 Å². The lowest BCUT2D eigenvalue weighted by Crippen LogP contribution is -2.49. The number of nitrogens with zero attached hydrogens (tertiary/aromatic N) is 1. The molecular weight excluding hydrogens is 252 g/mol. The number of rotatable bonds is 1. The molecule has 20 heavy (non-hydrogen) atoms. The fourth-order valence-corrected chi connectivity index (χ4v) is 4.12. The summed E-state index contributed by atoms with van der Waals surface area (Å²) in [7, 11) is 2.06. The summed E-state index contributed by atoms with van der Waals surface area (Å²) in [5, 5.41) is 10.7. The first kappa shape index (κ1) is 12.0. The largest absolute Gasteiger partial charge is 0.481 e. The second-order valence-electron chi connectivity index (χ2n) is 6.17. The molecule has 0 amide bonds. The Labute approximate surface area is 117 Å². The van der Waals surface area contributed by atoms with E-state index in [2.05, 4.69) is 41.3 Å². The lowest BCUT2D eigenvalue weighted by Gasteiger charge is -2.44. The molecule has 0 bridgehead atoms. The number of aliphatic carboxylic acids is 1. The number of benzene rings is 1. The molecule has 1 aliphatic carbocycles. The molecule has 4 heteroatoms. The van der Waals surface area contributed by atoms with Crippen molar-refractivity contribution in [2.45, 2.75) is 24.8 Å². The molecule has 3 atom stereocenters. The summed E-state index contributed by atoms with van der Waals surface area (Å²) in [6, 6.07) is 6.78. The molecule has 0 unspecified atom stereocenters. The minimum absolute atomic E-state index is 0.253. The van der Waals surface area contributed by atoms with Crippen molar-refractivity contribution in [1.29, 1.82) is 0 Å². The first-order valence-electron chi connectivity index (χ1n) is 7.17. The van der Waals surface area contributed by atoms with E-state index >= 15 is 0 Å². The zero-order valence-electron chi connectivity index (χ0n) is 11.5. The monoisotopic (exact) mass is 270 g/mol. The third kappa shape index (κ3) is 1.54. The predicted octanol–water partition coefficient (Wildman–Crippen LogP) is 2.21. The van der Waals surface area contributed by atoms with E-state index in [0.29, 0.717) is 18.5 Å². The van der Waals surface area contributed by atoms with Crippen molar-refractivity contribution in [1.82, 2.24) is 9.88 Å². The lowest BCUT2D eigenvalue weighted by molar-refractivity contribution is -0.144. The summed E-state index contributed by atoms with van der Waals surface area (Å²) in [4.78, 5) is 17.0. The normalized spacial score (nSPS) is 29.4. The van der Waals surface area contributed by atoms with E-state index in [-0.39, 0.29) is 5.92 Å². The Morgan fingerprint density at radius 2 is 2.30 bits per heavy atom. The van der Waals surface area contributed by atoms with Crippen molar-refractivity contribution in [3.63, 3.8) is 0 Å². The molecule has 104 valence electrons. The van der Waals surface area contributed by atoms with Crippen LogP contribution in [0.4, 0.5) is 0 Å². The first-order valence-corrected chi connectivity index (χ1v) is 7.17. The van der Waals surface area contributed by atoms with Crippen LogP contribution in [-0.2, 0) is 11.2 Å². The van der Waals surface area contributed by atoms with E-state index in [0.717, 1.165) is 12.8 Å². The van der Waals surface area contributed by atoms with Crippen molar-refractivity contribution in [3.8, 4) is 0 Å². The topological polar surface area (TPSA) is 56.3 Å². The van der Waals surface area contributed by atoms with Gasteiger partial charge in [0.1, 0.15) is 0 Å². The van der Waals surface area contributed by atoms with E-state index in [4.69, 9.17) is 0 Å². The number of H-pyrrole nitrogens is 1. The molecule has 2 aromatic rings. The van der Waals surface area contributed by atoms with Crippen LogP contribution >= 0.6 is 0 Å². The van der Waals surface area contributed by atoms with Gasteiger partial charge in [0.25, 0.3) is 0 Å². The van der Waals surface area contributed by atoms with Crippen LogP contribution in [0, 0.1) is 5.92 Å². The van der Waals surface area contributed by atoms with E-state index < -0.39 is 5.97 Å². The highest BCUT2D eigenvalue weighted by Gasteiger charge is 2.41. The summed E-state index contributed by atoms with van der Waals surface area (Å²) in [6.07, 6.45) is 3.89. The zero-order chi connectivity index (χ0) is 13.9. The molecule has 1 aliphatic heterocycles. The molecule has 1 fully saturated rings. The number of likely N-dealkylation sites (N-methyl/N-ethyl adjacent to an activating group) is 1. The van der Waals surface area contributed by atoms with Crippen molar-refractivity contribution < 1.29 is 9.90 Å². The van der Waals surface area contributed by atoms with Crippen LogP contribution < -0.4 is 0 Å². The van der Waals surface area contributed by atoms with Crippen LogP contribution in [0.25, 0.3) is 10.9 Å². The Hall–Kier alpha value is -1.81. The average Bonchev–Trinajstić information content (AvgIpc) is 2.84. The minimum atomic E-state index is -0.664. The van der Waals surface area contributed by atoms with Crippen LogP contribution in [0.1, 0.15) is 23.5 Å². The van der Waals surface area contributed by atoms with Crippen LogP contribution in [0.15, 0.2) is 24.4 Å². The van der Waals surface area contributed by atoms with Gasteiger partial charge >= 0.3 is 5.97 Å². The molecule has 4 rings (SSSR count). The van der Waals surface area contributed by atoms with Gasteiger partial charge in [-0.1, -0.05) is 12.1 Å². The fraction of sp³-hybridized carbons (Fsp3) is 0.438. The summed E-state index contributed by atoms with van der Waals surface area (Å²) in [5.41, 5.74) is 3.88. The van der Waals surface area contributed by atoms with Gasteiger partial charge in [0.2, 0.25) is 0 Å². The van der Waals surface area contributed by atoms with Gasteiger partial charge in [-0.15, -0.1) is 0 Å². The number of carboxylic acids is 1. The molecule has 4 nitrogen and oxygen atoms in total. The number of carboxylic acid groups (broad SMARTS) is 1. The maximum atomic E-state index is 11.4. The Kier molecular flexibility index (Phi) is 2.45. The summed E-state index contributed by atoms with van der Waals surface area (Å²) in [6.45, 7) is 0.659. The Morgan fingerprint density at radius 1 is 1.45 bits per heavy atom. The summed E-state index contributed by atoms with van der Waals surface area (Å²) < 4.78 is 0. The second kappa shape index (κ2) is 4.09. The van der Waals surface area contributed by atoms with E-state index in [1.165, 1.54) is 22.0 Å². The van der Waals surface area contributed by atoms with E-state index in [1.54, 1.807) is 0 Å². The van der Waals surface area contributed by atoms with Gasteiger partial charge in [0, 0.05) is 35.6 Å². The van der Waals surface area contributed by atoms with Crippen molar-refractivity contribution in [2.75, 3.05) is 13.6 Å². The number of aromatic nitrogens is 1. The Bertz CT molecular complexity index is 691. The summed E-state index contributed by atoms with van der Waals surface area (Å²) >= 11 is 0. The molecule has 0 spiro atoms. The molecule has 2 N–H and O–H groups in total. The molecule has 0 saturated carbocycles. The number of piperidine rings is 1. The molecule has 0 radical (unpaired) electrons. The second-order valence-corrected chi connectivity index (χ2v) is 6.17. The van der Waals surface area contributed by atoms with Gasteiger partial charge < -0.3 is 15.0 Å². The van der Waals surface area contributed by atoms with Crippen molar-refractivity contribution >= 4 is 16.9 Å². The quantitative estimate of drug-likeness (QED) is 0.835. The number of hydrogen-bond donors (Lipinski definition) is 2. The van der Waals surface area contributed by atoms with E-state index in [1.807, 2.05) is 0 Å². The van der Waals surface area contributed by atoms with Gasteiger partial charge in [-0.2, -0.15) is 0 Å². The van der Waals surface area contributed by atoms with Gasteiger partial charge in [0.05, 0.1) is 5.92 Å². The molecule has 2 heterocycles. The fourth-order valence-electron chi connectivity index (χ4n) is 4.12. The molecule has 2 aliphatic rings. The lowest BCUT2D eigenvalue weighted by atomic mass is 9.72. The zero-order valence-corrected chi connectivity index (χ0v) is 11.5. The Morgan fingerprint density at radius 3 is 3.10 bits per heavy atom. The van der Waals surface area contributed by atoms with Crippen LogP contribution in [0.3, 0.4) is 0 Å². The molecule has 1 aromatic carbocycles. The molecular formula is C16H18N2O2. The standard InChI is InChI=1S/C16H18N2O2/c1-18-8-10(16(19)20)5-12-11-3-2-4-13-15(11)9(7-17-13)6-14(12)18/h2-4,7,10,12,14,17H,5-6,8H2,1H3,(H,19,20)/t10-,12-,14+/m1/s1. The van der Waals surface area contributed by atoms with Crippen molar-refractivity contribution in [2.24, 2.45) is 5.92 Å². The third-order valence-corrected chi connectivity index (χ3v) is 5.07. The SMILES string of the molecule is CN1C[C@H](C(=O)O)C[C@@H]2c3cccc4[nH]cc(c34)C[C@@H]21. The number of carbonyl (C=O) groups is 1. The highest BCUT2D eigenvalue weighted by atomic mass is 16.4. The van der Waals surface area contributed by atoms with Gasteiger partial charge in [-0.3, -0.25) is 4.79 Å². The van der Waals surface area contributed by atoms with Crippen LogP contribution in [0.2, 0.25) is 0 Å². The van der Waals surface area contributed by atoms with Gasteiger partial charge in [0.15, 0.2) is 0 Å². The predicted molar refractivity (Wildman–Crippen MR) is 76.9 cm³/mol. The average molecular weight is 270 g/mol. The highest BCUT2D eigenvalue weighted by Crippen LogP contribution is 2.44. The maximum Gasteiger partial charge on any atom is 0.307 e. The highest BCUT2D eigenvalue weighted by molar-refractivity contribution is 5.88. The summed E-state index contributed by atoms with van der Waals surface area (Å²) in [5.74, 6) is -0.582. The maximum absolute atomic E-state index is 11.4. The van der Waals surface area contributed by atoms with Crippen LogP contribution in [0.5, 0.6) is 0 Å². The van der Waals surface area contributed by atoms with Gasteiger partial charge in [-0.05, 0) is 37.1 Å². The molecule has 1 aromatic heterocycles. The smallest absolute Gasteiger partial charge is 0.307 e. The number of hydrogen-bond acceptors (Lipinski definition) is 2. The Balaban J connectivity index is 1.85. The number of fused-ring (bicyclic) bond motifs is 2. The number of likely N-dealkylation sites (tertiary alicyclic amines) is 1.